The van der Waals surface area contributed by atoms with Gasteiger partial charge >= 0.3 is 5.97 Å². The van der Waals surface area contributed by atoms with Gasteiger partial charge in [-0.1, -0.05) is 24.2 Å². The highest BCUT2D eigenvalue weighted by Gasteiger charge is 2.33. The first-order valence-electron chi connectivity index (χ1n) is 7.17. The molecule has 1 atom stereocenters. The summed E-state index contributed by atoms with van der Waals surface area (Å²) in [4.78, 5) is 18.8. The van der Waals surface area contributed by atoms with E-state index in [9.17, 15) is 9.90 Å². The van der Waals surface area contributed by atoms with E-state index in [1.54, 1.807) is 0 Å². The van der Waals surface area contributed by atoms with Crippen LogP contribution in [0, 0.1) is 0 Å². The maximum atomic E-state index is 11.4. The highest BCUT2D eigenvalue weighted by molar-refractivity contribution is 7.17. The highest BCUT2D eigenvalue weighted by atomic mass is 32.1. The molecule has 1 aliphatic carbocycles. The number of hydrogen-bond acceptors (Lipinski definition) is 4. The summed E-state index contributed by atoms with van der Waals surface area (Å²) in [5.41, 5.74) is 0.837. The van der Waals surface area contributed by atoms with Crippen molar-refractivity contribution in [3.8, 4) is 0 Å². The number of carbonyl (C=O) groups is 1. The first kappa shape index (κ1) is 12.9. The zero-order chi connectivity index (χ0) is 13.4. The second kappa shape index (κ2) is 5.12. The molecule has 2 aliphatic rings. The van der Waals surface area contributed by atoms with Crippen LogP contribution in [0.5, 0.6) is 0 Å². The molecule has 19 heavy (non-hydrogen) atoms. The number of thiazole rings is 1. The van der Waals surface area contributed by atoms with Gasteiger partial charge in [0.05, 0.1) is 5.69 Å². The third-order valence-corrected chi connectivity index (χ3v) is 5.20. The van der Waals surface area contributed by atoms with E-state index in [2.05, 4.69) is 16.8 Å². The molecule has 4 nitrogen and oxygen atoms in total. The van der Waals surface area contributed by atoms with Gasteiger partial charge in [-0.25, -0.2) is 9.78 Å². The Morgan fingerprint density at radius 2 is 2.11 bits per heavy atom. The maximum absolute atomic E-state index is 11.4. The molecule has 1 saturated carbocycles. The summed E-state index contributed by atoms with van der Waals surface area (Å²) in [6, 6.07) is 0.474. The van der Waals surface area contributed by atoms with Crippen LogP contribution < -0.4 is 4.90 Å². The van der Waals surface area contributed by atoms with Crippen molar-refractivity contribution in [1.29, 1.82) is 0 Å². The van der Waals surface area contributed by atoms with E-state index in [-0.39, 0.29) is 0 Å². The minimum atomic E-state index is -0.812. The first-order chi connectivity index (χ1) is 9.16. The third kappa shape index (κ3) is 2.61. The van der Waals surface area contributed by atoms with Crippen LogP contribution in [0.2, 0.25) is 0 Å². The first-order valence-corrected chi connectivity index (χ1v) is 7.99. The Morgan fingerprint density at radius 1 is 1.32 bits per heavy atom. The van der Waals surface area contributed by atoms with Crippen LogP contribution in [-0.2, 0) is 0 Å². The number of anilines is 1. The minimum absolute atomic E-state index is 0.401. The molecule has 0 bridgehead atoms. The minimum Gasteiger partial charge on any atom is -0.477 e. The van der Waals surface area contributed by atoms with Crippen LogP contribution in [0.15, 0.2) is 0 Å². The average Bonchev–Trinajstić information content (AvgIpc) is 3.15. The molecule has 1 N–H and O–H groups in total. The van der Waals surface area contributed by atoms with Gasteiger partial charge in [-0.15, -0.1) is 0 Å². The van der Waals surface area contributed by atoms with Crippen molar-refractivity contribution in [1.82, 2.24) is 4.98 Å². The molecule has 1 aromatic heterocycles. The molecule has 1 aliphatic heterocycles. The molecule has 104 valence electrons. The van der Waals surface area contributed by atoms with E-state index in [1.165, 1.54) is 37.0 Å². The van der Waals surface area contributed by atoms with E-state index >= 15 is 0 Å². The number of rotatable bonds is 3. The number of aromatic carboxylic acids is 1. The van der Waals surface area contributed by atoms with Crippen molar-refractivity contribution >= 4 is 22.4 Å². The molecule has 1 saturated heterocycles. The summed E-state index contributed by atoms with van der Waals surface area (Å²) in [5, 5.41) is 10.3. The molecule has 0 amide bonds. The molecular weight excluding hydrogens is 260 g/mol. The van der Waals surface area contributed by atoms with Crippen molar-refractivity contribution in [3.05, 3.63) is 10.6 Å². The normalized spacial score (nSPS) is 24.3. The van der Waals surface area contributed by atoms with Crippen molar-refractivity contribution in [2.45, 2.75) is 57.4 Å². The quantitative estimate of drug-likeness (QED) is 0.921. The van der Waals surface area contributed by atoms with Crippen LogP contribution in [0.4, 0.5) is 5.13 Å². The molecule has 0 radical (unpaired) electrons. The summed E-state index contributed by atoms with van der Waals surface area (Å²) in [7, 11) is 0. The topological polar surface area (TPSA) is 53.4 Å². The van der Waals surface area contributed by atoms with Crippen LogP contribution in [0.1, 0.15) is 66.7 Å². The van der Waals surface area contributed by atoms with Crippen LogP contribution in [0.3, 0.4) is 0 Å². The number of carboxylic acids is 1. The number of hydrogen-bond donors (Lipinski definition) is 1. The van der Waals surface area contributed by atoms with Gasteiger partial charge in [-0.05, 0) is 32.6 Å². The van der Waals surface area contributed by atoms with E-state index < -0.39 is 5.97 Å². The molecule has 2 fully saturated rings. The van der Waals surface area contributed by atoms with E-state index in [0.29, 0.717) is 16.8 Å². The Bertz CT molecular complexity index is 482. The predicted molar refractivity (Wildman–Crippen MR) is 76.3 cm³/mol. The lowest BCUT2D eigenvalue weighted by molar-refractivity contribution is 0.0700. The van der Waals surface area contributed by atoms with Crippen LogP contribution in [0.25, 0.3) is 0 Å². The average molecular weight is 280 g/mol. The van der Waals surface area contributed by atoms with Gasteiger partial charge in [0, 0.05) is 18.5 Å². The van der Waals surface area contributed by atoms with E-state index in [0.717, 1.165) is 30.2 Å². The maximum Gasteiger partial charge on any atom is 0.347 e. The van der Waals surface area contributed by atoms with Crippen molar-refractivity contribution in [3.63, 3.8) is 0 Å². The third-order valence-electron chi connectivity index (χ3n) is 4.10. The largest absolute Gasteiger partial charge is 0.477 e. The standard InChI is InChI=1S/C14H20N2O2S/c1-9-5-3-2-4-8-16(9)14-15-11(10-6-7-10)12(19-14)13(17)18/h9-10H,2-8H2,1H3,(H,17,18). The summed E-state index contributed by atoms with van der Waals surface area (Å²) >= 11 is 1.37. The molecule has 1 aromatic rings. The van der Waals surface area contributed by atoms with Gasteiger partial charge in [0.1, 0.15) is 4.88 Å². The zero-order valence-corrected chi connectivity index (χ0v) is 12.1. The highest BCUT2D eigenvalue weighted by Crippen LogP contribution is 2.44. The van der Waals surface area contributed by atoms with E-state index in [1.807, 2.05) is 0 Å². The Hall–Kier alpha value is -1.10. The van der Waals surface area contributed by atoms with Crippen LogP contribution >= 0.6 is 11.3 Å². The SMILES string of the molecule is CC1CCCCCN1c1nc(C2CC2)c(C(=O)O)s1. The van der Waals surface area contributed by atoms with Gasteiger partial charge in [-0.2, -0.15) is 0 Å². The Morgan fingerprint density at radius 3 is 2.79 bits per heavy atom. The van der Waals surface area contributed by atoms with E-state index in [4.69, 9.17) is 0 Å². The van der Waals surface area contributed by atoms with Crippen molar-refractivity contribution in [2.75, 3.05) is 11.4 Å². The lowest BCUT2D eigenvalue weighted by Gasteiger charge is -2.26. The summed E-state index contributed by atoms with van der Waals surface area (Å²) in [5.74, 6) is -0.411. The molecular formula is C14H20N2O2S. The smallest absolute Gasteiger partial charge is 0.347 e. The van der Waals surface area contributed by atoms with Gasteiger partial charge in [0.15, 0.2) is 5.13 Å². The fraction of sp³-hybridized carbons (Fsp3) is 0.714. The fourth-order valence-corrected chi connectivity index (χ4v) is 3.91. The number of aromatic nitrogens is 1. The summed E-state index contributed by atoms with van der Waals surface area (Å²) in [6.07, 6.45) is 7.10. The Kier molecular flexibility index (Phi) is 3.48. The van der Waals surface area contributed by atoms with Gasteiger partial charge in [0.2, 0.25) is 0 Å². The zero-order valence-electron chi connectivity index (χ0n) is 11.3. The number of nitrogens with zero attached hydrogens (tertiary/aromatic N) is 2. The lowest BCUT2D eigenvalue weighted by atomic mass is 10.1. The monoisotopic (exact) mass is 280 g/mol. The van der Waals surface area contributed by atoms with Gasteiger partial charge in [0.25, 0.3) is 0 Å². The number of carboxylic acid groups (broad SMARTS) is 1. The summed E-state index contributed by atoms with van der Waals surface area (Å²) in [6.45, 7) is 3.24. The Balaban J connectivity index is 1.91. The Labute approximate surface area is 117 Å². The second-order valence-corrected chi connectivity index (χ2v) is 6.66. The molecule has 3 rings (SSSR count). The molecule has 5 heteroatoms. The van der Waals surface area contributed by atoms with Crippen molar-refractivity contribution < 1.29 is 9.90 Å². The van der Waals surface area contributed by atoms with Gasteiger partial charge in [-0.3, -0.25) is 0 Å². The van der Waals surface area contributed by atoms with Crippen LogP contribution in [-0.4, -0.2) is 28.6 Å². The molecule has 0 aromatic carbocycles. The van der Waals surface area contributed by atoms with Gasteiger partial charge < -0.3 is 10.0 Å². The predicted octanol–water partition coefficient (Wildman–Crippen LogP) is 3.49. The molecule has 0 spiro atoms. The lowest BCUT2D eigenvalue weighted by Crippen LogP contribution is -2.32. The second-order valence-electron chi connectivity index (χ2n) is 5.68. The molecule has 1 unspecified atom stereocenters. The molecule has 2 heterocycles. The fourth-order valence-electron chi connectivity index (χ4n) is 2.79. The summed E-state index contributed by atoms with van der Waals surface area (Å²) < 4.78 is 0. The van der Waals surface area contributed by atoms with Crippen molar-refractivity contribution in [2.24, 2.45) is 0 Å².